The van der Waals surface area contributed by atoms with Gasteiger partial charge in [0.2, 0.25) is 0 Å². The van der Waals surface area contributed by atoms with E-state index in [1.807, 2.05) is 30.3 Å². The van der Waals surface area contributed by atoms with Crippen LogP contribution in [-0.2, 0) is 11.3 Å². The van der Waals surface area contributed by atoms with Crippen molar-refractivity contribution in [1.29, 1.82) is 0 Å². The van der Waals surface area contributed by atoms with Gasteiger partial charge in [-0.3, -0.25) is 5.32 Å². The Morgan fingerprint density at radius 3 is 2.75 bits per heavy atom. The predicted molar refractivity (Wildman–Crippen MR) is 73.2 cm³/mol. The summed E-state index contributed by atoms with van der Waals surface area (Å²) < 4.78 is 5.47. The summed E-state index contributed by atoms with van der Waals surface area (Å²) in [5.41, 5.74) is 1.10. The van der Waals surface area contributed by atoms with Crippen LogP contribution in [0.2, 0.25) is 0 Å². The highest BCUT2D eigenvalue weighted by Crippen LogP contribution is 2.16. The number of amides is 1. The van der Waals surface area contributed by atoms with E-state index in [9.17, 15) is 9.90 Å². The average molecular weight is 280 g/mol. The van der Waals surface area contributed by atoms with E-state index in [-0.39, 0.29) is 12.5 Å². The number of hydrogen-bond acceptors (Lipinski definition) is 4. The lowest BCUT2D eigenvalue weighted by Gasteiger charge is -2.14. The van der Waals surface area contributed by atoms with Crippen LogP contribution >= 0.6 is 0 Å². The number of ether oxygens (including phenoxy) is 1. The zero-order valence-corrected chi connectivity index (χ0v) is 11.2. The molecule has 0 spiro atoms. The van der Waals surface area contributed by atoms with E-state index >= 15 is 0 Å². The van der Waals surface area contributed by atoms with E-state index in [2.05, 4.69) is 5.32 Å². The molecule has 3 N–H and O–H groups in total. The van der Waals surface area contributed by atoms with Gasteiger partial charge in [-0.15, -0.1) is 0 Å². The standard InChI is InChI=1S/C14H20N2O4/c17-13-8-16(14(18)19)7-12(13)6-15-10-20-9-11-4-2-1-3-5-11/h1-5,12-13,15,17H,6-10H2,(H,18,19)/t12-,13+/m1/s1. The number of carbonyl (C=O) groups is 1. The maximum absolute atomic E-state index is 10.8. The first-order chi connectivity index (χ1) is 9.66. The maximum atomic E-state index is 10.8. The minimum absolute atomic E-state index is 0.0774. The fourth-order valence-electron chi connectivity index (χ4n) is 2.27. The topological polar surface area (TPSA) is 82.0 Å². The summed E-state index contributed by atoms with van der Waals surface area (Å²) in [7, 11) is 0. The number of likely N-dealkylation sites (tertiary alicyclic amines) is 1. The molecular formula is C14H20N2O4. The molecule has 0 radical (unpaired) electrons. The van der Waals surface area contributed by atoms with Crippen LogP contribution in [0.15, 0.2) is 30.3 Å². The first kappa shape index (κ1) is 14.8. The number of rotatable bonds is 6. The molecule has 0 aliphatic carbocycles. The molecule has 1 fully saturated rings. The van der Waals surface area contributed by atoms with Gasteiger partial charge < -0.3 is 19.8 Å². The summed E-state index contributed by atoms with van der Waals surface area (Å²) in [5.74, 6) is -0.0774. The molecule has 6 heteroatoms. The first-order valence-corrected chi connectivity index (χ1v) is 6.65. The molecule has 20 heavy (non-hydrogen) atoms. The molecular weight excluding hydrogens is 260 g/mol. The molecule has 1 saturated heterocycles. The fraction of sp³-hybridized carbons (Fsp3) is 0.500. The van der Waals surface area contributed by atoms with E-state index in [1.54, 1.807) is 0 Å². The highest BCUT2D eigenvalue weighted by atomic mass is 16.5. The Morgan fingerprint density at radius 1 is 1.35 bits per heavy atom. The van der Waals surface area contributed by atoms with Gasteiger partial charge in [0.15, 0.2) is 0 Å². The van der Waals surface area contributed by atoms with Crippen molar-refractivity contribution in [3.05, 3.63) is 35.9 Å². The summed E-state index contributed by atoms with van der Waals surface area (Å²) in [4.78, 5) is 12.0. The van der Waals surface area contributed by atoms with Crippen molar-refractivity contribution in [2.45, 2.75) is 12.7 Å². The molecule has 0 saturated carbocycles. The highest BCUT2D eigenvalue weighted by molar-refractivity contribution is 5.65. The Hall–Kier alpha value is -1.63. The molecule has 1 heterocycles. The van der Waals surface area contributed by atoms with Crippen molar-refractivity contribution in [3.63, 3.8) is 0 Å². The first-order valence-electron chi connectivity index (χ1n) is 6.65. The molecule has 1 aromatic carbocycles. The number of aliphatic hydroxyl groups excluding tert-OH is 1. The molecule has 0 aromatic heterocycles. The second-order valence-electron chi connectivity index (χ2n) is 4.95. The molecule has 1 aliphatic rings. The van der Waals surface area contributed by atoms with Crippen LogP contribution < -0.4 is 5.32 Å². The van der Waals surface area contributed by atoms with Crippen LogP contribution in [0.5, 0.6) is 0 Å². The van der Waals surface area contributed by atoms with Gasteiger partial charge in [-0.05, 0) is 5.56 Å². The number of nitrogens with one attached hydrogen (secondary N) is 1. The lowest BCUT2D eigenvalue weighted by molar-refractivity contribution is 0.0902. The third kappa shape index (κ3) is 4.19. The summed E-state index contributed by atoms with van der Waals surface area (Å²) >= 11 is 0. The van der Waals surface area contributed by atoms with Gasteiger partial charge in [-0.2, -0.15) is 0 Å². The molecule has 110 valence electrons. The molecule has 1 aromatic rings. The number of aliphatic hydroxyl groups is 1. The van der Waals surface area contributed by atoms with Crippen LogP contribution in [0, 0.1) is 5.92 Å². The SMILES string of the molecule is O=C(O)N1C[C@@H](CNCOCc2ccccc2)[C@@H](O)C1. The minimum Gasteiger partial charge on any atom is -0.465 e. The van der Waals surface area contributed by atoms with E-state index < -0.39 is 12.2 Å². The van der Waals surface area contributed by atoms with Crippen LogP contribution in [0.1, 0.15) is 5.56 Å². The Morgan fingerprint density at radius 2 is 2.10 bits per heavy atom. The largest absolute Gasteiger partial charge is 0.465 e. The van der Waals surface area contributed by atoms with Crippen LogP contribution in [0.4, 0.5) is 4.79 Å². The normalized spacial score (nSPS) is 22.1. The predicted octanol–water partition coefficient (Wildman–Crippen LogP) is 0.721. The van der Waals surface area contributed by atoms with Crippen molar-refractivity contribution in [3.8, 4) is 0 Å². The molecule has 1 aliphatic heterocycles. The van der Waals surface area contributed by atoms with Crippen LogP contribution in [-0.4, -0.2) is 53.7 Å². The molecule has 1 amide bonds. The number of β-amino-alcohol motifs (C(OH)–C–C–N with tert-alkyl or cyclic N) is 1. The van der Waals surface area contributed by atoms with E-state index in [0.29, 0.717) is 26.4 Å². The summed E-state index contributed by atoms with van der Waals surface area (Å²) in [5, 5.41) is 21.7. The summed E-state index contributed by atoms with van der Waals surface area (Å²) in [6.45, 7) is 2.00. The lowest BCUT2D eigenvalue weighted by atomic mass is 10.1. The van der Waals surface area contributed by atoms with Crippen molar-refractivity contribution >= 4 is 6.09 Å². The summed E-state index contributed by atoms with van der Waals surface area (Å²) in [6.07, 6.45) is -1.58. The maximum Gasteiger partial charge on any atom is 0.407 e. The number of benzene rings is 1. The van der Waals surface area contributed by atoms with Crippen molar-refractivity contribution in [2.24, 2.45) is 5.92 Å². The van der Waals surface area contributed by atoms with Crippen LogP contribution in [0.3, 0.4) is 0 Å². The smallest absolute Gasteiger partial charge is 0.407 e. The van der Waals surface area contributed by atoms with Gasteiger partial charge in [-0.25, -0.2) is 4.79 Å². The van der Waals surface area contributed by atoms with Gasteiger partial charge in [0.1, 0.15) is 0 Å². The third-order valence-corrected chi connectivity index (χ3v) is 3.40. The van der Waals surface area contributed by atoms with Gasteiger partial charge in [-0.1, -0.05) is 30.3 Å². The number of hydrogen-bond donors (Lipinski definition) is 3. The van der Waals surface area contributed by atoms with Gasteiger partial charge >= 0.3 is 6.09 Å². The number of nitrogens with zero attached hydrogens (tertiary/aromatic N) is 1. The number of carboxylic acid groups (broad SMARTS) is 1. The van der Waals surface area contributed by atoms with Crippen LogP contribution in [0.25, 0.3) is 0 Å². The Labute approximate surface area is 118 Å². The quantitative estimate of drug-likeness (QED) is 0.528. The van der Waals surface area contributed by atoms with Gasteiger partial charge in [0.05, 0.1) is 26.0 Å². The summed E-state index contributed by atoms with van der Waals surface area (Å²) in [6, 6.07) is 9.86. The molecule has 0 unspecified atom stereocenters. The Balaban J connectivity index is 1.61. The second kappa shape index (κ2) is 7.23. The molecule has 6 nitrogen and oxygen atoms in total. The zero-order chi connectivity index (χ0) is 14.4. The molecule has 2 atom stereocenters. The lowest BCUT2D eigenvalue weighted by Crippen LogP contribution is -2.32. The highest BCUT2D eigenvalue weighted by Gasteiger charge is 2.33. The molecule has 0 bridgehead atoms. The van der Waals surface area contributed by atoms with Crippen molar-refractivity contribution < 1.29 is 19.7 Å². The van der Waals surface area contributed by atoms with Gasteiger partial charge in [0.25, 0.3) is 0 Å². The minimum atomic E-state index is -0.980. The monoisotopic (exact) mass is 280 g/mol. The molecule has 2 rings (SSSR count). The zero-order valence-electron chi connectivity index (χ0n) is 11.2. The fourth-order valence-corrected chi connectivity index (χ4v) is 2.27. The van der Waals surface area contributed by atoms with E-state index in [4.69, 9.17) is 9.84 Å². The van der Waals surface area contributed by atoms with E-state index in [1.165, 1.54) is 4.90 Å². The Kier molecular flexibility index (Phi) is 5.34. The average Bonchev–Trinajstić information content (AvgIpc) is 2.81. The van der Waals surface area contributed by atoms with E-state index in [0.717, 1.165) is 5.56 Å². The Bertz CT molecular complexity index is 426. The van der Waals surface area contributed by atoms with Gasteiger partial charge in [0, 0.05) is 19.0 Å². The van der Waals surface area contributed by atoms with Crippen molar-refractivity contribution in [1.82, 2.24) is 10.2 Å². The van der Waals surface area contributed by atoms with Crippen molar-refractivity contribution in [2.75, 3.05) is 26.4 Å². The third-order valence-electron chi connectivity index (χ3n) is 3.40. The second-order valence-corrected chi connectivity index (χ2v) is 4.95.